The molecule has 0 unspecified atom stereocenters. The van der Waals surface area contributed by atoms with Crippen LogP contribution in [0.5, 0.6) is 5.88 Å². The molecule has 7 heteroatoms. The van der Waals surface area contributed by atoms with Gasteiger partial charge < -0.3 is 14.6 Å². The number of aliphatic hydroxyl groups is 1. The summed E-state index contributed by atoms with van der Waals surface area (Å²) in [6, 6.07) is 5.21. The Hall–Kier alpha value is -2.44. The summed E-state index contributed by atoms with van der Waals surface area (Å²) in [7, 11) is 0. The van der Waals surface area contributed by atoms with Gasteiger partial charge in [-0.15, -0.1) is 0 Å². The van der Waals surface area contributed by atoms with Crippen molar-refractivity contribution in [2.45, 2.75) is 20.0 Å². The molecule has 130 valence electrons. The van der Waals surface area contributed by atoms with Gasteiger partial charge in [-0.2, -0.15) is 0 Å². The Kier molecular flexibility index (Phi) is 5.01. The lowest BCUT2D eigenvalue weighted by molar-refractivity contribution is 0.0380. The number of halogens is 1. The summed E-state index contributed by atoms with van der Waals surface area (Å²) in [5.74, 6) is -0.181. The number of fused-ring (bicyclic) bond motifs is 3. The molecule has 0 aliphatic carbocycles. The number of pyridine rings is 2. The number of hydrogen-bond donors (Lipinski definition) is 1. The van der Waals surface area contributed by atoms with Crippen LogP contribution in [0, 0.1) is 0 Å². The van der Waals surface area contributed by atoms with E-state index in [-0.39, 0.29) is 19.3 Å². The maximum Gasteiger partial charge on any atom is 0.340 e. The Morgan fingerprint density at radius 3 is 2.80 bits per heavy atom. The first kappa shape index (κ1) is 17.4. The lowest BCUT2D eigenvalue weighted by Crippen LogP contribution is -2.13. The highest BCUT2D eigenvalue weighted by Crippen LogP contribution is 2.34. The summed E-state index contributed by atoms with van der Waals surface area (Å²) in [6.07, 6.45) is 2.77. The average Bonchev–Trinajstić information content (AvgIpc) is 2.58. The van der Waals surface area contributed by atoms with Crippen LogP contribution in [-0.2, 0) is 4.74 Å². The van der Waals surface area contributed by atoms with Gasteiger partial charge in [0.25, 0.3) is 0 Å². The van der Waals surface area contributed by atoms with Crippen LogP contribution in [0.15, 0.2) is 30.6 Å². The van der Waals surface area contributed by atoms with E-state index in [1.54, 1.807) is 38.2 Å². The van der Waals surface area contributed by atoms with Gasteiger partial charge in [0, 0.05) is 28.2 Å². The smallest absolute Gasteiger partial charge is 0.340 e. The third-order valence-corrected chi connectivity index (χ3v) is 3.75. The molecule has 0 fully saturated rings. The van der Waals surface area contributed by atoms with Crippen LogP contribution in [0.1, 0.15) is 24.2 Å². The Balaban J connectivity index is 2.33. The molecule has 0 spiro atoms. The quantitative estimate of drug-likeness (QED) is 0.555. The van der Waals surface area contributed by atoms with Gasteiger partial charge in [-0.05, 0) is 32.0 Å². The van der Waals surface area contributed by atoms with Crippen LogP contribution in [-0.4, -0.2) is 40.4 Å². The molecule has 0 amide bonds. The number of esters is 1. The summed E-state index contributed by atoms with van der Waals surface area (Å²) in [6.45, 7) is 3.50. The van der Waals surface area contributed by atoms with Crippen molar-refractivity contribution < 1.29 is 19.4 Å². The molecule has 6 nitrogen and oxygen atoms in total. The first-order chi connectivity index (χ1) is 12.0. The second-order valence-electron chi connectivity index (χ2n) is 5.71. The molecular weight excluding hydrogens is 344 g/mol. The Bertz CT molecular complexity index is 943. The van der Waals surface area contributed by atoms with Gasteiger partial charge in [-0.25, -0.2) is 9.78 Å². The van der Waals surface area contributed by atoms with Crippen molar-refractivity contribution >= 4 is 39.2 Å². The van der Waals surface area contributed by atoms with Crippen LogP contribution < -0.4 is 4.74 Å². The third kappa shape index (κ3) is 3.50. The van der Waals surface area contributed by atoms with Gasteiger partial charge in [0.1, 0.15) is 6.61 Å². The second-order valence-corrected chi connectivity index (χ2v) is 6.15. The zero-order valence-corrected chi connectivity index (χ0v) is 14.6. The van der Waals surface area contributed by atoms with Crippen molar-refractivity contribution in [3.05, 3.63) is 41.2 Å². The molecule has 2 heterocycles. The van der Waals surface area contributed by atoms with Crippen LogP contribution in [0.4, 0.5) is 0 Å². The summed E-state index contributed by atoms with van der Waals surface area (Å²) in [5.41, 5.74) is 0.935. The predicted molar refractivity (Wildman–Crippen MR) is 95.2 cm³/mol. The molecule has 3 rings (SSSR count). The van der Waals surface area contributed by atoms with Gasteiger partial charge in [-0.1, -0.05) is 11.6 Å². The van der Waals surface area contributed by atoms with Crippen molar-refractivity contribution in [1.82, 2.24) is 9.97 Å². The van der Waals surface area contributed by atoms with Gasteiger partial charge in [0.2, 0.25) is 5.88 Å². The molecule has 0 aliphatic heterocycles. The Morgan fingerprint density at radius 2 is 2.08 bits per heavy atom. The largest absolute Gasteiger partial charge is 0.475 e. The molecule has 0 saturated carbocycles. The highest BCUT2D eigenvalue weighted by atomic mass is 35.5. The molecule has 0 atom stereocenters. The minimum absolute atomic E-state index is 0.0852. The number of carbonyl (C=O) groups excluding carboxylic acids is 1. The lowest BCUT2D eigenvalue weighted by Gasteiger charge is -2.14. The molecule has 0 bridgehead atoms. The van der Waals surface area contributed by atoms with E-state index in [0.29, 0.717) is 38.1 Å². The normalized spacial score (nSPS) is 11.2. The van der Waals surface area contributed by atoms with Crippen molar-refractivity contribution in [2.24, 2.45) is 0 Å². The highest BCUT2D eigenvalue weighted by Gasteiger charge is 2.19. The molecule has 3 aromatic rings. The van der Waals surface area contributed by atoms with E-state index in [9.17, 15) is 4.79 Å². The number of aromatic nitrogens is 2. The van der Waals surface area contributed by atoms with E-state index < -0.39 is 5.97 Å². The first-order valence-electron chi connectivity index (χ1n) is 7.83. The number of benzene rings is 1. The predicted octanol–water partition coefficient (Wildman–Crippen LogP) is 3.37. The van der Waals surface area contributed by atoms with Crippen molar-refractivity contribution in [3.8, 4) is 5.88 Å². The van der Waals surface area contributed by atoms with Crippen molar-refractivity contribution in [3.63, 3.8) is 0 Å². The maximum atomic E-state index is 12.5. The molecule has 1 aromatic carbocycles. The highest BCUT2D eigenvalue weighted by molar-refractivity contribution is 6.32. The van der Waals surface area contributed by atoms with Crippen LogP contribution in [0.3, 0.4) is 0 Å². The molecule has 25 heavy (non-hydrogen) atoms. The van der Waals surface area contributed by atoms with Crippen LogP contribution >= 0.6 is 11.6 Å². The molecular formula is C18H17ClN2O4. The molecule has 2 aromatic heterocycles. The minimum atomic E-state index is -0.478. The van der Waals surface area contributed by atoms with E-state index >= 15 is 0 Å². The van der Waals surface area contributed by atoms with E-state index in [2.05, 4.69) is 9.97 Å². The molecule has 0 saturated heterocycles. The topological polar surface area (TPSA) is 81.5 Å². The lowest BCUT2D eigenvalue weighted by atomic mass is 10.0. The van der Waals surface area contributed by atoms with E-state index in [1.165, 1.54) is 6.20 Å². The van der Waals surface area contributed by atoms with E-state index in [4.69, 9.17) is 26.2 Å². The average molecular weight is 361 g/mol. The zero-order chi connectivity index (χ0) is 18.0. The number of rotatable bonds is 5. The first-order valence-corrected chi connectivity index (χ1v) is 8.20. The SMILES string of the molecule is CC(C)OC(=O)c1cncc2c(OCCO)nc3ccc(Cl)cc3c12. The number of ether oxygens (including phenoxy) is 2. The standard InChI is InChI=1S/C18H17ClN2O4/c1-10(2)25-18(23)14-9-20-8-13-16(14)12-7-11(19)3-4-15(12)21-17(13)24-6-5-22/h3-4,7-10,22H,5-6H2,1-2H3. The maximum absolute atomic E-state index is 12.5. The van der Waals surface area contributed by atoms with Gasteiger partial charge in [0.15, 0.2) is 0 Å². The summed E-state index contributed by atoms with van der Waals surface area (Å²) in [5, 5.41) is 11.4. The minimum Gasteiger partial charge on any atom is -0.475 e. The number of carbonyl (C=O) groups is 1. The Labute approximate surface area is 149 Å². The summed E-state index contributed by atoms with van der Waals surface area (Å²) in [4.78, 5) is 21.1. The number of aliphatic hydroxyl groups excluding tert-OH is 1. The fraction of sp³-hybridized carbons (Fsp3) is 0.278. The monoisotopic (exact) mass is 360 g/mol. The summed E-state index contributed by atoms with van der Waals surface area (Å²) >= 11 is 6.13. The van der Waals surface area contributed by atoms with Crippen LogP contribution in [0.25, 0.3) is 21.7 Å². The molecule has 0 radical (unpaired) electrons. The van der Waals surface area contributed by atoms with E-state index in [0.717, 1.165) is 0 Å². The fourth-order valence-corrected chi connectivity index (χ4v) is 2.75. The van der Waals surface area contributed by atoms with Gasteiger partial charge in [0.05, 0.1) is 29.2 Å². The van der Waals surface area contributed by atoms with Crippen LogP contribution in [0.2, 0.25) is 5.02 Å². The Morgan fingerprint density at radius 1 is 1.28 bits per heavy atom. The number of nitrogens with zero attached hydrogens (tertiary/aromatic N) is 2. The fourth-order valence-electron chi connectivity index (χ4n) is 2.57. The van der Waals surface area contributed by atoms with E-state index in [1.807, 2.05) is 0 Å². The summed E-state index contributed by atoms with van der Waals surface area (Å²) < 4.78 is 10.9. The molecule has 0 aliphatic rings. The van der Waals surface area contributed by atoms with Gasteiger partial charge in [-0.3, -0.25) is 4.98 Å². The van der Waals surface area contributed by atoms with Gasteiger partial charge >= 0.3 is 5.97 Å². The second kappa shape index (κ2) is 7.21. The third-order valence-electron chi connectivity index (χ3n) is 3.52. The van der Waals surface area contributed by atoms with Crippen molar-refractivity contribution in [2.75, 3.05) is 13.2 Å². The molecule has 1 N–H and O–H groups in total. The van der Waals surface area contributed by atoms with Crippen molar-refractivity contribution in [1.29, 1.82) is 0 Å². The number of hydrogen-bond acceptors (Lipinski definition) is 6. The zero-order valence-electron chi connectivity index (χ0n) is 13.8.